The molecule has 0 spiro atoms. The molecular weight excluding hydrogens is 732 g/mol. The molecule has 3 aliphatic heterocycles. The van der Waals surface area contributed by atoms with E-state index in [1.807, 2.05) is 36.4 Å². The van der Waals surface area contributed by atoms with Crippen LogP contribution in [0.1, 0.15) is 24.0 Å². The Bertz CT molecular complexity index is 2240. The molecule has 9 rings (SSSR count). The summed E-state index contributed by atoms with van der Waals surface area (Å²) in [7, 11) is 0. The van der Waals surface area contributed by atoms with Gasteiger partial charge >= 0.3 is 0 Å². The Kier molecular flexibility index (Phi) is 7.38. The second-order valence-electron chi connectivity index (χ2n) is 13.9. The zero-order valence-electron chi connectivity index (χ0n) is 27.0. The summed E-state index contributed by atoms with van der Waals surface area (Å²) < 4.78 is 7.02. The van der Waals surface area contributed by atoms with Crippen LogP contribution >= 0.6 is 27.5 Å². The maximum atomic E-state index is 15.4. The number of nitrogens with zero attached hydrogens (tertiary/aromatic N) is 2. The summed E-state index contributed by atoms with van der Waals surface area (Å²) >= 11 is 9.85. The van der Waals surface area contributed by atoms with Gasteiger partial charge in [-0.2, -0.15) is 0 Å². The largest absolute Gasteiger partial charge is 0.508 e. The van der Waals surface area contributed by atoms with Crippen LogP contribution in [-0.4, -0.2) is 28.7 Å². The number of anilines is 2. The maximum Gasteiger partial charge on any atom is 0.246 e. The molecule has 6 unspecified atom stereocenters. The van der Waals surface area contributed by atoms with Gasteiger partial charge in [0, 0.05) is 27.4 Å². The number of imide groups is 2. The molecule has 0 bridgehead atoms. The monoisotopic (exact) mass is 760 g/mol. The number of benzene rings is 4. The summed E-state index contributed by atoms with van der Waals surface area (Å²) in [6.45, 7) is 0. The number of hydrogen-bond acceptors (Lipinski definition) is 6. The minimum atomic E-state index is -1.41. The first-order chi connectivity index (χ1) is 24.7. The average Bonchev–Trinajstić information content (AvgIpc) is 3.52. The summed E-state index contributed by atoms with van der Waals surface area (Å²) in [6.07, 6.45) is 4.54. The van der Waals surface area contributed by atoms with E-state index in [9.17, 15) is 19.5 Å². The smallest absolute Gasteiger partial charge is 0.246 e. The van der Waals surface area contributed by atoms with Crippen LogP contribution in [0.4, 0.5) is 11.4 Å². The molecule has 3 heterocycles. The zero-order valence-corrected chi connectivity index (χ0v) is 29.4. The summed E-state index contributed by atoms with van der Waals surface area (Å²) in [6, 6.07) is 28.1. The molecule has 5 aliphatic rings. The van der Waals surface area contributed by atoms with E-state index in [1.54, 1.807) is 73.0 Å². The highest BCUT2D eigenvalue weighted by molar-refractivity contribution is 9.10. The van der Waals surface area contributed by atoms with Crippen molar-refractivity contribution in [1.82, 2.24) is 0 Å². The predicted octanol–water partition coefficient (Wildman–Crippen LogP) is 7.53. The maximum absolute atomic E-state index is 15.4. The number of amides is 4. The minimum absolute atomic E-state index is 0.0813. The number of halogens is 2. The molecule has 0 radical (unpaired) electrons. The van der Waals surface area contributed by atoms with E-state index < -0.39 is 35.0 Å². The normalized spacial score (nSPS) is 28.0. The fourth-order valence-electron chi connectivity index (χ4n) is 9.40. The minimum Gasteiger partial charge on any atom is -0.508 e. The van der Waals surface area contributed by atoms with Gasteiger partial charge < -0.3 is 9.84 Å². The Morgan fingerprint density at radius 2 is 1.59 bits per heavy atom. The van der Waals surface area contributed by atoms with Gasteiger partial charge in [0.1, 0.15) is 11.5 Å². The number of allylic oxidation sites excluding steroid dienone is 3. The van der Waals surface area contributed by atoms with Gasteiger partial charge in [-0.15, -0.1) is 0 Å². The van der Waals surface area contributed by atoms with E-state index in [1.165, 1.54) is 9.80 Å². The summed E-state index contributed by atoms with van der Waals surface area (Å²) in [4.78, 5) is 61.4. The Morgan fingerprint density at radius 1 is 0.804 bits per heavy atom. The first-order valence-corrected chi connectivity index (χ1v) is 18.1. The topological polar surface area (TPSA) is 104 Å². The van der Waals surface area contributed by atoms with Crippen molar-refractivity contribution in [3.8, 4) is 11.5 Å². The Morgan fingerprint density at radius 3 is 2.35 bits per heavy atom. The summed E-state index contributed by atoms with van der Waals surface area (Å²) in [5.74, 6) is -4.08. The van der Waals surface area contributed by atoms with Crippen molar-refractivity contribution in [1.29, 1.82) is 0 Å². The fourth-order valence-corrected chi connectivity index (χ4v) is 9.85. The molecule has 1 N–H and O–H groups in total. The van der Waals surface area contributed by atoms with Gasteiger partial charge in [0.05, 0.1) is 40.8 Å². The van der Waals surface area contributed by atoms with Crippen molar-refractivity contribution >= 4 is 62.5 Å². The van der Waals surface area contributed by atoms with Gasteiger partial charge in [-0.3, -0.25) is 24.1 Å². The fraction of sp³-hybridized carbons (Fsp3) is 0.220. The van der Waals surface area contributed by atoms with Gasteiger partial charge in [0.2, 0.25) is 23.6 Å². The van der Waals surface area contributed by atoms with Crippen LogP contribution in [0.2, 0.25) is 5.02 Å². The molecule has 8 nitrogen and oxygen atoms in total. The predicted molar refractivity (Wildman–Crippen MR) is 194 cm³/mol. The van der Waals surface area contributed by atoms with E-state index in [0.717, 1.165) is 21.2 Å². The number of phenolic OH excluding ortho intramolecular Hbond substituents is 1. The lowest BCUT2D eigenvalue weighted by atomic mass is 9.48. The number of carbonyl (C=O) groups is 4. The van der Waals surface area contributed by atoms with Gasteiger partial charge in [-0.05, 0) is 90.6 Å². The summed E-state index contributed by atoms with van der Waals surface area (Å²) in [5.41, 5.74) is 2.46. The van der Waals surface area contributed by atoms with E-state index in [0.29, 0.717) is 40.6 Å². The van der Waals surface area contributed by atoms with Crippen LogP contribution in [0.25, 0.3) is 0 Å². The van der Waals surface area contributed by atoms with E-state index in [-0.39, 0.29) is 35.8 Å². The molecule has 3 fully saturated rings. The molecule has 4 aromatic rings. The quantitative estimate of drug-likeness (QED) is 0.171. The molecule has 10 heteroatoms. The van der Waals surface area contributed by atoms with Crippen LogP contribution in [0.5, 0.6) is 11.5 Å². The van der Waals surface area contributed by atoms with Gasteiger partial charge in [-0.1, -0.05) is 75.6 Å². The molecule has 6 atom stereocenters. The third-order valence-electron chi connectivity index (χ3n) is 11.4. The lowest BCUT2D eigenvalue weighted by molar-refractivity contribution is -0.128. The molecule has 4 aromatic carbocycles. The second-order valence-corrected chi connectivity index (χ2v) is 15.2. The molecule has 254 valence electrons. The SMILES string of the molecule is O=C1C2CC=C3C(CC4C(=O)N(c5cccc(Cl)c5)C(=O)C4(c4ccccc4)C3C3=COc4ccc(O)cc4C3)C2C(=O)N1c1ccc(Br)cc1. The van der Waals surface area contributed by atoms with Crippen LogP contribution in [0.3, 0.4) is 0 Å². The highest BCUT2D eigenvalue weighted by atomic mass is 79.9. The van der Waals surface area contributed by atoms with Crippen LogP contribution in [0.15, 0.2) is 125 Å². The van der Waals surface area contributed by atoms with Crippen LogP contribution < -0.4 is 14.5 Å². The number of aromatic hydroxyl groups is 1. The molecule has 4 amide bonds. The van der Waals surface area contributed by atoms with Crippen LogP contribution in [-0.2, 0) is 31.0 Å². The average molecular weight is 762 g/mol. The Labute approximate surface area is 307 Å². The van der Waals surface area contributed by atoms with Crippen molar-refractivity contribution in [2.24, 2.45) is 29.6 Å². The Balaban J connectivity index is 1.25. The molecule has 2 saturated heterocycles. The lowest BCUT2D eigenvalue weighted by Gasteiger charge is -2.51. The molecule has 0 aromatic heterocycles. The zero-order chi connectivity index (χ0) is 35.2. The second kappa shape index (κ2) is 11.8. The number of fused-ring (bicyclic) bond motifs is 5. The van der Waals surface area contributed by atoms with E-state index in [2.05, 4.69) is 15.9 Å². The number of ether oxygens (including phenoxy) is 1. The van der Waals surface area contributed by atoms with Crippen molar-refractivity contribution in [2.45, 2.75) is 24.7 Å². The first-order valence-electron chi connectivity index (χ1n) is 16.9. The molecule has 2 aliphatic carbocycles. The number of phenols is 1. The lowest BCUT2D eigenvalue weighted by Crippen LogP contribution is -2.55. The van der Waals surface area contributed by atoms with Gasteiger partial charge in [0.25, 0.3) is 0 Å². The molecular formula is C41H30BrClN2O6. The first kappa shape index (κ1) is 32.0. The van der Waals surface area contributed by atoms with Crippen molar-refractivity contribution in [3.05, 3.63) is 141 Å². The van der Waals surface area contributed by atoms with Gasteiger partial charge in [-0.25, -0.2) is 4.90 Å². The standard InChI is InChI=1S/C41H30BrClN2O6/c42-25-9-11-27(12-10-25)44-37(47)31-15-14-30-32(35(31)39(44)49)20-33-38(48)45(28-8-4-7-26(43)19-28)40(50)41(33,24-5-2-1-3-6-24)36(30)23-17-22-18-29(46)13-16-34(22)51-21-23/h1-14,16,18-19,21,31-33,35-36,46H,15,17,20H2. The van der Waals surface area contributed by atoms with Gasteiger partial charge in [0.15, 0.2) is 0 Å². The molecule has 1 saturated carbocycles. The van der Waals surface area contributed by atoms with Crippen molar-refractivity contribution in [2.75, 3.05) is 9.80 Å². The van der Waals surface area contributed by atoms with Crippen molar-refractivity contribution in [3.63, 3.8) is 0 Å². The summed E-state index contributed by atoms with van der Waals surface area (Å²) in [5, 5.41) is 10.8. The highest BCUT2D eigenvalue weighted by Crippen LogP contribution is 2.64. The van der Waals surface area contributed by atoms with Crippen molar-refractivity contribution < 1.29 is 29.0 Å². The number of carbonyl (C=O) groups excluding carboxylic acids is 4. The van der Waals surface area contributed by atoms with Crippen LogP contribution in [0, 0.1) is 29.6 Å². The number of hydrogen-bond donors (Lipinski definition) is 1. The third kappa shape index (κ3) is 4.64. The third-order valence-corrected chi connectivity index (χ3v) is 12.2. The number of rotatable bonds is 4. The molecule has 51 heavy (non-hydrogen) atoms. The van der Waals surface area contributed by atoms with E-state index >= 15 is 4.79 Å². The van der Waals surface area contributed by atoms with E-state index in [4.69, 9.17) is 16.3 Å². The Hall–Kier alpha value is -4.99. The highest BCUT2D eigenvalue weighted by Gasteiger charge is 2.70.